The SMILES string of the molecule is Cc1ccc(C(=O)Oc2ccc(/C=C3\N=C(c4ccccc4C)OC3=O)cc2)cc1. The number of carbonyl (C=O) groups is 2. The zero-order valence-electron chi connectivity index (χ0n) is 16.6. The molecule has 0 saturated carbocycles. The fraction of sp³-hybridized carbons (Fsp3) is 0.0800. The van der Waals surface area contributed by atoms with Gasteiger partial charge in [0.05, 0.1) is 5.56 Å². The molecule has 30 heavy (non-hydrogen) atoms. The first kappa shape index (κ1) is 19.3. The maximum atomic E-state index is 12.2. The Bertz CT molecular complexity index is 1170. The van der Waals surface area contributed by atoms with E-state index in [4.69, 9.17) is 9.47 Å². The molecular weight excluding hydrogens is 378 g/mol. The van der Waals surface area contributed by atoms with Crippen LogP contribution in [0.4, 0.5) is 0 Å². The average Bonchev–Trinajstić information content (AvgIpc) is 3.10. The molecule has 1 aliphatic rings. The molecule has 0 bridgehead atoms. The van der Waals surface area contributed by atoms with E-state index < -0.39 is 11.9 Å². The molecule has 1 heterocycles. The molecule has 0 amide bonds. The smallest absolute Gasteiger partial charge is 0.363 e. The predicted molar refractivity (Wildman–Crippen MR) is 114 cm³/mol. The van der Waals surface area contributed by atoms with Crippen LogP contribution in [0.5, 0.6) is 5.75 Å². The zero-order valence-corrected chi connectivity index (χ0v) is 16.6. The molecule has 0 atom stereocenters. The highest BCUT2D eigenvalue weighted by atomic mass is 16.6. The Morgan fingerprint density at radius 1 is 0.933 bits per heavy atom. The number of esters is 2. The van der Waals surface area contributed by atoms with E-state index in [1.54, 1.807) is 42.5 Å². The minimum atomic E-state index is -0.497. The predicted octanol–water partition coefficient (Wildman–Crippen LogP) is 4.87. The van der Waals surface area contributed by atoms with E-state index in [9.17, 15) is 9.59 Å². The molecule has 148 valence electrons. The molecule has 0 radical (unpaired) electrons. The number of hydrogen-bond donors (Lipinski definition) is 0. The highest BCUT2D eigenvalue weighted by Gasteiger charge is 2.24. The van der Waals surface area contributed by atoms with Gasteiger partial charge in [-0.3, -0.25) is 0 Å². The molecule has 3 aromatic carbocycles. The van der Waals surface area contributed by atoms with E-state index in [1.807, 2.05) is 50.2 Å². The minimum Gasteiger partial charge on any atom is -0.423 e. The van der Waals surface area contributed by atoms with E-state index >= 15 is 0 Å². The number of ether oxygens (including phenoxy) is 2. The van der Waals surface area contributed by atoms with Crippen LogP contribution >= 0.6 is 0 Å². The normalized spacial score (nSPS) is 14.4. The third kappa shape index (κ3) is 4.20. The summed E-state index contributed by atoms with van der Waals surface area (Å²) in [5, 5.41) is 0. The fourth-order valence-electron chi connectivity index (χ4n) is 2.98. The van der Waals surface area contributed by atoms with Crippen molar-refractivity contribution in [2.45, 2.75) is 13.8 Å². The second-order valence-corrected chi connectivity index (χ2v) is 6.98. The van der Waals surface area contributed by atoms with Gasteiger partial charge in [-0.1, -0.05) is 48.0 Å². The molecule has 0 saturated heterocycles. The van der Waals surface area contributed by atoms with Crippen molar-refractivity contribution >= 4 is 23.9 Å². The molecule has 4 rings (SSSR count). The first-order valence-corrected chi connectivity index (χ1v) is 9.47. The third-order valence-corrected chi connectivity index (χ3v) is 4.68. The number of cyclic esters (lactones) is 1. The minimum absolute atomic E-state index is 0.220. The lowest BCUT2D eigenvalue weighted by Gasteiger charge is -2.05. The molecule has 0 spiro atoms. The van der Waals surface area contributed by atoms with Crippen LogP contribution < -0.4 is 4.74 Å². The summed E-state index contributed by atoms with van der Waals surface area (Å²) in [4.78, 5) is 28.7. The van der Waals surface area contributed by atoms with Crippen LogP contribution in [-0.2, 0) is 9.53 Å². The summed E-state index contributed by atoms with van der Waals surface area (Å²) in [6.07, 6.45) is 1.64. The van der Waals surface area contributed by atoms with Crippen molar-refractivity contribution in [3.8, 4) is 5.75 Å². The van der Waals surface area contributed by atoms with Gasteiger partial charge in [-0.05, 0) is 61.4 Å². The average molecular weight is 397 g/mol. The Morgan fingerprint density at radius 2 is 1.63 bits per heavy atom. The molecule has 1 aliphatic heterocycles. The van der Waals surface area contributed by atoms with Crippen molar-refractivity contribution in [2.75, 3.05) is 0 Å². The van der Waals surface area contributed by atoms with Gasteiger partial charge in [-0.25, -0.2) is 14.6 Å². The van der Waals surface area contributed by atoms with Crippen LogP contribution in [0, 0.1) is 13.8 Å². The molecule has 0 fully saturated rings. The lowest BCUT2D eigenvalue weighted by atomic mass is 10.1. The Hall–Kier alpha value is -3.99. The van der Waals surface area contributed by atoms with Crippen LogP contribution in [0.2, 0.25) is 0 Å². The van der Waals surface area contributed by atoms with Crippen LogP contribution in [0.3, 0.4) is 0 Å². The summed E-state index contributed by atoms with van der Waals surface area (Å²) in [5.74, 6) is -0.204. The lowest BCUT2D eigenvalue weighted by Crippen LogP contribution is -2.08. The third-order valence-electron chi connectivity index (χ3n) is 4.68. The lowest BCUT2D eigenvalue weighted by molar-refractivity contribution is -0.129. The molecule has 0 aliphatic carbocycles. The number of nitrogens with zero attached hydrogens (tertiary/aromatic N) is 1. The Balaban J connectivity index is 1.49. The van der Waals surface area contributed by atoms with E-state index in [2.05, 4.69) is 4.99 Å². The van der Waals surface area contributed by atoms with Crippen molar-refractivity contribution in [3.05, 3.63) is 106 Å². The van der Waals surface area contributed by atoms with Crippen molar-refractivity contribution in [1.82, 2.24) is 0 Å². The van der Waals surface area contributed by atoms with Gasteiger partial charge in [0.1, 0.15) is 5.75 Å². The standard InChI is InChI=1S/C25H19NO4/c1-16-7-11-19(12-8-16)24(27)29-20-13-9-18(10-14-20)15-22-25(28)30-23(26-22)21-6-4-3-5-17(21)2/h3-15H,1-2H3/b22-15-. The number of aryl methyl sites for hydroxylation is 2. The molecule has 5 nitrogen and oxygen atoms in total. The summed E-state index contributed by atoms with van der Waals surface area (Å²) in [5.41, 5.74) is 4.28. The van der Waals surface area contributed by atoms with Gasteiger partial charge >= 0.3 is 11.9 Å². The van der Waals surface area contributed by atoms with Gasteiger partial charge in [-0.2, -0.15) is 0 Å². The number of carbonyl (C=O) groups excluding carboxylic acids is 2. The number of hydrogen-bond acceptors (Lipinski definition) is 5. The molecule has 0 N–H and O–H groups in total. The topological polar surface area (TPSA) is 65.0 Å². The first-order chi connectivity index (χ1) is 14.5. The molecule has 5 heteroatoms. The van der Waals surface area contributed by atoms with Gasteiger partial charge in [0.25, 0.3) is 0 Å². The molecule has 0 aromatic heterocycles. The van der Waals surface area contributed by atoms with Gasteiger partial charge in [0.2, 0.25) is 5.90 Å². The van der Waals surface area contributed by atoms with Crippen LogP contribution in [0.1, 0.15) is 32.6 Å². The number of benzene rings is 3. The summed E-state index contributed by atoms with van der Waals surface area (Å²) in [6, 6.07) is 21.6. The highest BCUT2D eigenvalue weighted by Crippen LogP contribution is 2.22. The molecular formula is C25H19NO4. The van der Waals surface area contributed by atoms with Gasteiger partial charge in [0.15, 0.2) is 5.70 Å². The largest absolute Gasteiger partial charge is 0.423 e. The monoisotopic (exact) mass is 397 g/mol. The Morgan fingerprint density at radius 3 is 2.33 bits per heavy atom. The van der Waals surface area contributed by atoms with E-state index in [-0.39, 0.29) is 5.70 Å². The Kier molecular flexibility index (Phi) is 5.26. The van der Waals surface area contributed by atoms with E-state index in [1.165, 1.54) is 0 Å². The van der Waals surface area contributed by atoms with E-state index in [0.29, 0.717) is 17.2 Å². The van der Waals surface area contributed by atoms with Crippen molar-refractivity contribution in [1.29, 1.82) is 0 Å². The number of aliphatic imine (C=N–C) groups is 1. The second kappa shape index (κ2) is 8.17. The zero-order chi connectivity index (χ0) is 21.1. The van der Waals surface area contributed by atoms with Crippen LogP contribution in [0.15, 0.2) is 83.5 Å². The quantitative estimate of drug-likeness (QED) is 0.358. The van der Waals surface area contributed by atoms with Gasteiger partial charge in [0, 0.05) is 5.56 Å². The summed E-state index contributed by atoms with van der Waals surface area (Å²) < 4.78 is 10.7. The maximum Gasteiger partial charge on any atom is 0.363 e. The number of rotatable bonds is 4. The molecule has 0 unspecified atom stereocenters. The first-order valence-electron chi connectivity index (χ1n) is 9.47. The fourth-order valence-corrected chi connectivity index (χ4v) is 2.98. The summed E-state index contributed by atoms with van der Waals surface area (Å²) in [6.45, 7) is 3.89. The maximum absolute atomic E-state index is 12.2. The van der Waals surface area contributed by atoms with Crippen LogP contribution in [0.25, 0.3) is 6.08 Å². The van der Waals surface area contributed by atoms with Gasteiger partial charge < -0.3 is 9.47 Å². The van der Waals surface area contributed by atoms with Crippen molar-refractivity contribution in [2.24, 2.45) is 4.99 Å². The van der Waals surface area contributed by atoms with Gasteiger partial charge in [-0.15, -0.1) is 0 Å². The Labute approximate surface area is 174 Å². The second-order valence-electron chi connectivity index (χ2n) is 6.98. The molecule has 3 aromatic rings. The summed E-state index contributed by atoms with van der Waals surface area (Å²) >= 11 is 0. The van der Waals surface area contributed by atoms with Crippen LogP contribution in [-0.4, -0.2) is 17.8 Å². The highest BCUT2D eigenvalue weighted by molar-refractivity contribution is 6.13. The van der Waals surface area contributed by atoms with E-state index in [0.717, 1.165) is 22.3 Å². The van der Waals surface area contributed by atoms with Crippen molar-refractivity contribution in [3.63, 3.8) is 0 Å². The van der Waals surface area contributed by atoms with Crippen molar-refractivity contribution < 1.29 is 19.1 Å². The summed E-state index contributed by atoms with van der Waals surface area (Å²) in [7, 11) is 0.